The molecule has 1 heterocycles. The van der Waals surface area contributed by atoms with Gasteiger partial charge in [-0.1, -0.05) is 11.6 Å². The Balaban J connectivity index is 1.26. The zero-order chi connectivity index (χ0) is 26.1. The fraction of sp³-hybridized carbons (Fsp3) is 0.435. The third kappa shape index (κ3) is 5.34. The van der Waals surface area contributed by atoms with Gasteiger partial charge in [0, 0.05) is 23.7 Å². The lowest BCUT2D eigenvalue weighted by Crippen LogP contribution is -2.84. The summed E-state index contributed by atoms with van der Waals surface area (Å²) in [4.78, 5) is 29.8. The molecule has 2 bridgehead atoms. The molecule has 8 nitrogen and oxygen atoms in total. The number of halogens is 5. The molecule has 0 saturated heterocycles. The van der Waals surface area contributed by atoms with Gasteiger partial charge in [-0.3, -0.25) is 9.59 Å². The van der Waals surface area contributed by atoms with Crippen molar-refractivity contribution in [3.8, 4) is 11.5 Å². The highest BCUT2D eigenvalue weighted by atomic mass is 35.5. The summed E-state index contributed by atoms with van der Waals surface area (Å²) in [6, 6.07) is 5.67. The molecule has 2 amide bonds. The van der Waals surface area contributed by atoms with Crippen LogP contribution in [0.15, 0.2) is 36.5 Å². The van der Waals surface area contributed by atoms with Gasteiger partial charge in [0.05, 0.1) is 17.8 Å². The summed E-state index contributed by atoms with van der Waals surface area (Å²) in [5, 5.41) is 12.2. The molecule has 2 aromatic rings. The summed E-state index contributed by atoms with van der Waals surface area (Å²) in [5.74, 6) is -1.36. The predicted octanol–water partition coefficient (Wildman–Crippen LogP) is 2.96. The lowest BCUT2D eigenvalue weighted by Gasteiger charge is -2.73. The van der Waals surface area contributed by atoms with Gasteiger partial charge in [-0.05, 0) is 43.5 Å². The quantitative estimate of drug-likeness (QED) is 0.457. The summed E-state index contributed by atoms with van der Waals surface area (Å²) in [6.07, 6.45) is -2.29. The standard InChI is InChI=1S/C23H22ClF4N3O5/c24-16-3-1-14(7-17(16)25)35-9-19(33)30-21-11-22(12-21,13-21)31(5-6-32)20(34)10-36-15-2-4-18(29-8-15)23(26,27)28/h1-4,7-8,32H,5-6,9-13H2,(H,30,33). The first-order valence-electron chi connectivity index (χ1n) is 10.9. The van der Waals surface area contributed by atoms with Gasteiger partial charge in [-0.15, -0.1) is 0 Å². The third-order valence-corrected chi connectivity index (χ3v) is 6.56. The Bertz CT molecular complexity index is 1130. The van der Waals surface area contributed by atoms with Gasteiger partial charge in [-0.2, -0.15) is 13.2 Å². The molecule has 0 spiro atoms. The Morgan fingerprint density at radius 1 is 1.11 bits per heavy atom. The molecular formula is C23H22ClF4N3O5. The highest BCUT2D eigenvalue weighted by molar-refractivity contribution is 6.30. The number of rotatable bonds is 10. The van der Waals surface area contributed by atoms with Crippen molar-refractivity contribution in [3.05, 3.63) is 53.1 Å². The molecule has 36 heavy (non-hydrogen) atoms. The number of β-amino-alcohol motifs (C(OH)–C–C–N with tert-alkyl or cyclic N) is 1. The van der Waals surface area contributed by atoms with Gasteiger partial charge in [0.15, 0.2) is 13.2 Å². The van der Waals surface area contributed by atoms with E-state index >= 15 is 0 Å². The first-order chi connectivity index (χ1) is 17.0. The van der Waals surface area contributed by atoms with Gasteiger partial charge in [-0.25, -0.2) is 9.37 Å². The molecule has 1 aromatic carbocycles. The lowest BCUT2D eigenvalue weighted by atomic mass is 9.43. The van der Waals surface area contributed by atoms with E-state index in [1.165, 1.54) is 17.0 Å². The van der Waals surface area contributed by atoms with Gasteiger partial charge in [0.2, 0.25) is 0 Å². The van der Waals surface area contributed by atoms with E-state index < -0.39 is 47.2 Å². The van der Waals surface area contributed by atoms with Crippen LogP contribution in [0.2, 0.25) is 5.02 Å². The molecule has 0 atom stereocenters. The molecule has 3 aliphatic rings. The van der Waals surface area contributed by atoms with Crippen molar-refractivity contribution < 1.29 is 41.7 Å². The van der Waals surface area contributed by atoms with E-state index in [1.54, 1.807) is 0 Å². The highest BCUT2D eigenvalue weighted by Crippen LogP contribution is 2.63. The number of hydrogen-bond donors (Lipinski definition) is 2. The number of ether oxygens (including phenoxy) is 2. The Hall–Kier alpha value is -3.12. The van der Waals surface area contributed by atoms with Crippen molar-refractivity contribution in [1.29, 1.82) is 0 Å². The van der Waals surface area contributed by atoms with Gasteiger partial charge in [0.25, 0.3) is 11.8 Å². The SMILES string of the molecule is O=C(COc1ccc(Cl)c(F)c1)NC12CC(N(CCO)C(=O)COc3ccc(C(F)(F)F)nc3)(C1)C2. The molecule has 3 fully saturated rings. The molecule has 0 radical (unpaired) electrons. The van der Waals surface area contributed by atoms with Gasteiger partial charge >= 0.3 is 6.18 Å². The number of nitrogens with one attached hydrogen (secondary N) is 1. The Labute approximate surface area is 208 Å². The number of aliphatic hydroxyl groups is 1. The van der Waals surface area contributed by atoms with Crippen LogP contribution in [0.3, 0.4) is 0 Å². The van der Waals surface area contributed by atoms with E-state index in [0.717, 1.165) is 24.4 Å². The van der Waals surface area contributed by atoms with Crippen molar-refractivity contribution in [2.75, 3.05) is 26.4 Å². The summed E-state index contributed by atoms with van der Waals surface area (Å²) in [7, 11) is 0. The first-order valence-corrected chi connectivity index (χ1v) is 11.3. The molecule has 3 aliphatic carbocycles. The number of benzene rings is 1. The monoisotopic (exact) mass is 531 g/mol. The zero-order valence-corrected chi connectivity index (χ0v) is 19.5. The van der Waals surface area contributed by atoms with Crippen LogP contribution < -0.4 is 14.8 Å². The molecule has 0 unspecified atom stereocenters. The predicted molar refractivity (Wildman–Crippen MR) is 118 cm³/mol. The Morgan fingerprint density at radius 2 is 1.78 bits per heavy atom. The minimum Gasteiger partial charge on any atom is -0.484 e. The first kappa shape index (κ1) is 26.0. The van der Waals surface area contributed by atoms with Crippen LogP contribution in [-0.4, -0.2) is 64.2 Å². The summed E-state index contributed by atoms with van der Waals surface area (Å²) < 4.78 is 62.0. The number of amides is 2. The van der Waals surface area contributed by atoms with Crippen molar-refractivity contribution in [2.24, 2.45) is 0 Å². The van der Waals surface area contributed by atoms with E-state index in [-0.39, 0.29) is 36.3 Å². The smallest absolute Gasteiger partial charge is 0.433 e. The Kier molecular flexibility index (Phi) is 7.02. The molecule has 194 valence electrons. The molecule has 0 aliphatic heterocycles. The van der Waals surface area contributed by atoms with Crippen LogP contribution in [0.25, 0.3) is 0 Å². The highest BCUT2D eigenvalue weighted by Gasteiger charge is 2.71. The van der Waals surface area contributed by atoms with Crippen molar-refractivity contribution in [3.63, 3.8) is 0 Å². The zero-order valence-electron chi connectivity index (χ0n) is 18.8. The summed E-state index contributed by atoms with van der Waals surface area (Å²) >= 11 is 5.62. The second-order valence-electron chi connectivity index (χ2n) is 8.88. The maximum Gasteiger partial charge on any atom is 0.433 e. The average molecular weight is 532 g/mol. The number of pyridine rings is 1. The molecule has 2 N–H and O–H groups in total. The molecule has 5 rings (SSSR count). The molecule has 13 heteroatoms. The van der Waals surface area contributed by atoms with Gasteiger partial charge < -0.3 is 24.8 Å². The van der Waals surface area contributed by atoms with Crippen LogP contribution in [0.1, 0.15) is 25.0 Å². The Morgan fingerprint density at radius 3 is 2.36 bits per heavy atom. The van der Waals surface area contributed by atoms with E-state index in [0.29, 0.717) is 19.3 Å². The number of alkyl halides is 3. The summed E-state index contributed by atoms with van der Waals surface area (Å²) in [6.45, 7) is -1.02. The van der Waals surface area contributed by atoms with Crippen LogP contribution in [0.5, 0.6) is 11.5 Å². The largest absolute Gasteiger partial charge is 0.484 e. The van der Waals surface area contributed by atoms with Crippen LogP contribution in [-0.2, 0) is 15.8 Å². The maximum absolute atomic E-state index is 13.5. The number of hydrogen-bond acceptors (Lipinski definition) is 6. The summed E-state index contributed by atoms with van der Waals surface area (Å²) in [5.41, 5.74) is -2.12. The molecule has 3 saturated carbocycles. The fourth-order valence-corrected chi connectivity index (χ4v) is 4.90. The fourth-order valence-electron chi connectivity index (χ4n) is 4.78. The second kappa shape index (κ2) is 9.74. The van der Waals surface area contributed by atoms with E-state index in [1.807, 2.05) is 0 Å². The molecular weight excluding hydrogens is 510 g/mol. The number of nitrogens with zero attached hydrogens (tertiary/aromatic N) is 2. The van der Waals surface area contributed by atoms with Crippen molar-refractivity contribution in [2.45, 2.75) is 36.5 Å². The topological polar surface area (TPSA) is 101 Å². The second-order valence-corrected chi connectivity index (χ2v) is 9.29. The lowest BCUT2D eigenvalue weighted by molar-refractivity contribution is -0.194. The number of carbonyl (C=O) groups is 2. The van der Waals surface area contributed by atoms with E-state index in [4.69, 9.17) is 21.1 Å². The van der Waals surface area contributed by atoms with Crippen molar-refractivity contribution >= 4 is 23.4 Å². The van der Waals surface area contributed by atoms with Gasteiger partial charge in [0.1, 0.15) is 23.0 Å². The van der Waals surface area contributed by atoms with Crippen LogP contribution in [0.4, 0.5) is 17.6 Å². The minimum absolute atomic E-state index is 0.00203. The average Bonchev–Trinajstić information content (AvgIpc) is 2.78. The normalized spacial score (nSPS) is 22.2. The van der Waals surface area contributed by atoms with E-state index in [9.17, 15) is 32.3 Å². The van der Waals surface area contributed by atoms with Crippen LogP contribution >= 0.6 is 11.6 Å². The van der Waals surface area contributed by atoms with E-state index in [2.05, 4.69) is 10.3 Å². The van der Waals surface area contributed by atoms with Crippen molar-refractivity contribution in [1.82, 2.24) is 15.2 Å². The third-order valence-electron chi connectivity index (χ3n) is 6.25. The minimum atomic E-state index is -4.58. The number of aromatic nitrogens is 1. The molecule has 1 aromatic heterocycles. The maximum atomic E-state index is 13.5. The van der Waals surface area contributed by atoms with Crippen LogP contribution in [0, 0.1) is 5.82 Å². The number of aliphatic hydroxyl groups excluding tert-OH is 1. The number of carbonyl (C=O) groups excluding carboxylic acids is 2.